The molecule has 5 nitrogen and oxygen atoms in total. The fraction of sp³-hybridized carbons (Fsp3) is 0.857. The van der Waals surface area contributed by atoms with E-state index in [0.717, 1.165) is 32.4 Å². The zero-order valence-electron chi connectivity index (χ0n) is 12.1. The molecule has 0 spiro atoms. The molecule has 1 heterocycles. The zero-order valence-corrected chi connectivity index (χ0v) is 12.1. The van der Waals surface area contributed by atoms with Crippen LogP contribution in [0.15, 0.2) is 0 Å². The second-order valence-electron chi connectivity index (χ2n) is 5.28. The lowest BCUT2D eigenvalue weighted by molar-refractivity contribution is -0.146. The van der Waals surface area contributed by atoms with Crippen molar-refractivity contribution in [1.29, 1.82) is 0 Å². The molecule has 0 aromatic rings. The second kappa shape index (κ2) is 8.15. The smallest absolute Gasteiger partial charge is 0.323 e. The van der Waals surface area contributed by atoms with Gasteiger partial charge in [0.15, 0.2) is 0 Å². The van der Waals surface area contributed by atoms with Gasteiger partial charge < -0.3 is 10.0 Å². The number of hydrogen-bond acceptors (Lipinski definition) is 3. The summed E-state index contributed by atoms with van der Waals surface area (Å²) >= 11 is 0. The Bertz CT molecular complexity index is 299. The Kier molecular flexibility index (Phi) is 6.84. The maximum Gasteiger partial charge on any atom is 0.323 e. The molecule has 1 fully saturated rings. The molecule has 1 unspecified atom stereocenters. The van der Waals surface area contributed by atoms with Crippen molar-refractivity contribution in [3.8, 4) is 0 Å². The van der Waals surface area contributed by atoms with Crippen LogP contribution in [0.4, 0.5) is 0 Å². The molecule has 0 aliphatic carbocycles. The fourth-order valence-electron chi connectivity index (χ4n) is 2.60. The molecule has 1 aliphatic heterocycles. The van der Waals surface area contributed by atoms with Crippen LogP contribution >= 0.6 is 0 Å². The van der Waals surface area contributed by atoms with Crippen LogP contribution in [0, 0.1) is 0 Å². The van der Waals surface area contributed by atoms with Crippen molar-refractivity contribution >= 4 is 11.9 Å². The van der Waals surface area contributed by atoms with Gasteiger partial charge in [-0.1, -0.05) is 19.8 Å². The third kappa shape index (κ3) is 5.19. The number of carboxylic acids is 1. The van der Waals surface area contributed by atoms with Crippen molar-refractivity contribution in [2.75, 3.05) is 26.2 Å². The van der Waals surface area contributed by atoms with Crippen molar-refractivity contribution in [3.05, 3.63) is 0 Å². The lowest BCUT2D eigenvalue weighted by Gasteiger charge is -2.31. The maximum atomic E-state index is 12.4. The zero-order chi connectivity index (χ0) is 14.3. The summed E-state index contributed by atoms with van der Waals surface area (Å²) in [7, 11) is 0. The lowest BCUT2D eigenvalue weighted by atomic mass is 10.2. The van der Waals surface area contributed by atoms with Gasteiger partial charge in [0.25, 0.3) is 0 Å². The van der Waals surface area contributed by atoms with E-state index in [0.29, 0.717) is 6.54 Å². The fourth-order valence-corrected chi connectivity index (χ4v) is 2.60. The molecular weight excluding hydrogens is 244 g/mol. The van der Waals surface area contributed by atoms with E-state index < -0.39 is 5.97 Å². The number of rotatable bonds is 6. The summed E-state index contributed by atoms with van der Waals surface area (Å²) in [5.41, 5.74) is 0. The van der Waals surface area contributed by atoms with Crippen molar-refractivity contribution < 1.29 is 14.7 Å². The number of carbonyl (C=O) groups excluding carboxylic acids is 1. The van der Waals surface area contributed by atoms with E-state index in [4.69, 9.17) is 5.11 Å². The summed E-state index contributed by atoms with van der Waals surface area (Å²) in [4.78, 5) is 26.9. The Balaban J connectivity index is 2.62. The van der Waals surface area contributed by atoms with Crippen molar-refractivity contribution in [1.82, 2.24) is 9.80 Å². The van der Waals surface area contributed by atoms with E-state index in [1.54, 1.807) is 0 Å². The Hall–Kier alpha value is -1.10. The summed E-state index contributed by atoms with van der Waals surface area (Å²) in [6.45, 7) is 6.07. The highest BCUT2D eigenvalue weighted by Gasteiger charge is 2.27. The van der Waals surface area contributed by atoms with E-state index in [1.165, 1.54) is 17.7 Å². The van der Waals surface area contributed by atoms with Crippen LogP contribution in [0.5, 0.6) is 0 Å². The van der Waals surface area contributed by atoms with Crippen LogP contribution in [0.2, 0.25) is 0 Å². The predicted octanol–water partition coefficient (Wildman–Crippen LogP) is 1.57. The van der Waals surface area contributed by atoms with Gasteiger partial charge in [-0.2, -0.15) is 0 Å². The highest BCUT2D eigenvalue weighted by molar-refractivity contribution is 5.85. The summed E-state index contributed by atoms with van der Waals surface area (Å²) < 4.78 is 0. The van der Waals surface area contributed by atoms with Gasteiger partial charge >= 0.3 is 5.97 Å². The Morgan fingerprint density at radius 1 is 1.21 bits per heavy atom. The summed E-state index contributed by atoms with van der Waals surface area (Å²) in [6, 6.07) is -0.205. The molecule has 19 heavy (non-hydrogen) atoms. The topological polar surface area (TPSA) is 60.9 Å². The number of hydrogen-bond donors (Lipinski definition) is 1. The van der Waals surface area contributed by atoms with Crippen LogP contribution in [0.3, 0.4) is 0 Å². The van der Waals surface area contributed by atoms with E-state index in [9.17, 15) is 9.59 Å². The molecule has 1 amide bonds. The van der Waals surface area contributed by atoms with Crippen molar-refractivity contribution in [2.24, 2.45) is 0 Å². The van der Waals surface area contributed by atoms with E-state index >= 15 is 0 Å². The largest absolute Gasteiger partial charge is 0.480 e. The van der Waals surface area contributed by atoms with Crippen LogP contribution in [0.1, 0.15) is 46.0 Å². The normalized spacial score (nSPS) is 18.6. The molecule has 0 bridgehead atoms. The first-order chi connectivity index (χ1) is 9.06. The van der Waals surface area contributed by atoms with Crippen LogP contribution in [0.25, 0.3) is 0 Å². The Morgan fingerprint density at radius 3 is 2.26 bits per heavy atom. The predicted molar refractivity (Wildman–Crippen MR) is 74.0 cm³/mol. The molecule has 110 valence electrons. The molecule has 1 N–H and O–H groups in total. The molecule has 1 aliphatic rings. The SMILES string of the molecule is CCCN(CC(=O)O)C(=O)C(C)N1CCCCCC1. The first-order valence-corrected chi connectivity index (χ1v) is 7.31. The summed E-state index contributed by atoms with van der Waals surface area (Å²) in [5.74, 6) is -0.990. The molecule has 0 aromatic heterocycles. The lowest BCUT2D eigenvalue weighted by Crippen LogP contribution is -2.49. The van der Waals surface area contributed by atoms with Crippen molar-refractivity contribution in [3.63, 3.8) is 0 Å². The number of nitrogens with zero attached hydrogens (tertiary/aromatic N) is 2. The Morgan fingerprint density at radius 2 is 1.79 bits per heavy atom. The average Bonchev–Trinajstić information content (AvgIpc) is 2.64. The van der Waals surface area contributed by atoms with Crippen LogP contribution in [-0.4, -0.2) is 59.0 Å². The van der Waals surface area contributed by atoms with Gasteiger partial charge in [-0.3, -0.25) is 14.5 Å². The maximum absolute atomic E-state index is 12.4. The number of amides is 1. The van der Waals surface area contributed by atoms with Gasteiger partial charge in [-0.15, -0.1) is 0 Å². The van der Waals surface area contributed by atoms with Gasteiger partial charge in [-0.05, 0) is 39.3 Å². The third-order valence-electron chi connectivity index (χ3n) is 3.68. The number of likely N-dealkylation sites (tertiary alicyclic amines) is 1. The summed E-state index contributed by atoms with van der Waals surface area (Å²) in [6.07, 6.45) is 5.50. The number of carbonyl (C=O) groups is 2. The van der Waals surface area contributed by atoms with Crippen molar-refractivity contribution in [2.45, 2.75) is 52.0 Å². The van der Waals surface area contributed by atoms with Crippen LogP contribution < -0.4 is 0 Å². The molecule has 0 saturated carbocycles. The molecule has 0 radical (unpaired) electrons. The van der Waals surface area contributed by atoms with Gasteiger partial charge in [0.2, 0.25) is 5.91 Å². The molecule has 1 atom stereocenters. The molecule has 5 heteroatoms. The van der Waals surface area contributed by atoms with E-state index in [-0.39, 0.29) is 18.5 Å². The first-order valence-electron chi connectivity index (χ1n) is 7.31. The standard InChI is InChI=1S/C14H26N2O3/c1-3-8-16(11-13(17)18)14(19)12(2)15-9-6-4-5-7-10-15/h12H,3-11H2,1-2H3,(H,17,18). The highest BCUT2D eigenvalue weighted by Crippen LogP contribution is 2.14. The van der Waals surface area contributed by atoms with Crippen LogP contribution in [-0.2, 0) is 9.59 Å². The highest BCUT2D eigenvalue weighted by atomic mass is 16.4. The van der Waals surface area contributed by atoms with E-state index in [1.807, 2.05) is 13.8 Å². The van der Waals surface area contributed by atoms with E-state index in [2.05, 4.69) is 4.90 Å². The molecule has 1 saturated heterocycles. The quantitative estimate of drug-likeness (QED) is 0.796. The number of aliphatic carboxylic acids is 1. The third-order valence-corrected chi connectivity index (χ3v) is 3.68. The minimum Gasteiger partial charge on any atom is -0.480 e. The number of carboxylic acid groups (broad SMARTS) is 1. The molecule has 0 aromatic carbocycles. The monoisotopic (exact) mass is 270 g/mol. The first kappa shape index (κ1) is 16.0. The second-order valence-corrected chi connectivity index (χ2v) is 5.28. The summed E-state index contributed by atoms with van der Waals surface area (Å²) in [5, 5.41) is 8.89. The van der Waals surface area contributed by atoms with Gasteiger partial charge in [-0.25, -0.2) is 0 Å². The Labute approximate surface area is 115 Å². The van der Waals surface area contributed by atoms with Gasteiger partial charge in [0.05, 0.1) is 6.04 Å². The average molecular weight is 270 g/mol. The van der Waals surface area contributed by atoms with Gasteiger partial charge in [0, 0.05) is 6.54 Å². The molecule has 1 rings (SSSR count). The van der Waals surface area contributed by atoms with Gasteiger partial charge in [0.1, 0.15) is 6.54 Å². The minimum absolute atomic E-state index is 0.0499. The molecular formula is C14H26N2O3. The minimum atomic E-state index is -0.940.